The maximum atomic E-state index is 11.9. The molecule has 0 radical (unpaired) electrons. The highest BCUT2D eigenvalue weighted by molar-refractivity contribution is 9.10. The zero-order valence-electron chi connectivity index (χ0n) is 9.65. The predicted octanol–water partition coefficient (Wildman–Crippen LogP) is 2.94. The van der Waals surface area contributed by atoms with Crippen molar-refractivity contribution in [1.29, 1.82) is 5.26 Å². The maximum Gasteiger partial charge on any atom is 0.233 e. The van der Waals surface area contributed by atoms with Gasteiger partial charge in [0.1, 0.15) is 6.07 Å². The quantitative estimate of drug-likeness (QED) is 0.829. The molecule has 98 valence electrons. The second-order valence-electron chi connectivity index (χ2n) is 3.94. The first kappa shape index (κ1) is 15.3. The largest absolute Gasteiger partial charge is 0.282 e. The highest BCUT2D eigenvalue weighted by atomic mass is 79.9. The number of hydrogen-bond acceptors (Lipinski definition) is 3. The lowest BCUT2D eigenvalue weighted by Gasteiger charge is -2.12. The molecular weight excluding hydrogens is 340 g/mol. The first-order valence-corrected chi connectivity index (χ1v) is 8.12. The van der Waals surface area contributed by atoms with Crippen LogP contribution in [0.25, 0.3) is 0 Å². The smallest absolute Gasteiger partial charge is 0.233 e. The summed E-state index contributed by atoms with van der Waals surface area (Å²) in [5.41, 5.74) is 0.550. The normalized spacial score (nSPS) is 12.8. The van der Waals surface area contributed by atoms with Crippen molar-refractivity contribution in [3.63, 3.8) is 0 Å². The van der Waals surface area contributed by atoms with E-state index in [1.807, 2.05) is 6.07 Å². The van der Waals surface area contributed by atoms with E-state index in [4.69, 9.17) is 16.9 Å². The minimum atomic E-state index is -3.50. The van der Waals surface area contributed by atoms with Crippen LogP contribution in [0.5, 0.6) is 0 Å². The van der Waals surface area contributed by atoms with Gasteiger partial charge in [-0.1, -0.05) is 22.9 Å². The summed E-state index contributed by atoms with van der Waals surface area (Å²) in [6.45, 7) is 1.75. The molecule has 1 atom stereocenters. The van der Waals surface area contributed by atoms with E-state index in [2.05, 4.69) is 20.7 Å². The van der Waals surface area contributed by atoms with Gasteiger partial charge in [-0.2, -0.15) is 5.26 Å². The Hall–Kier alpha value is -0.770. The molecular formula is C11H12BrClN2O2S. The summed E-state index contributed by atoms with van der Waals surface area (Å²) in [5.74, 6) is 0.0418. The van der Waals surface area contributed by atoms with Gasteiger partial charge in [0.05, 0.1) is 17.0 Å². The average molecular weight is 352 g/mol. The average Bonchev–Trinajstić information content (AvgIpc) is 2.28. The van der Waals surface area contributed by atoms with Crippen molar-refractivity contribution in [3.05, 3.63) is 28.2 Å². The Bertz CT molecular complexity index is 569. The molecule has 1 unspecified atom stereocenters. The van der Waals surface area contributed by atoms with Crippen LogP contribution >= 0.6 is 27.5 Å². The second kappa shape index (κ2) is 6.41. The number of halogens is 2. The van der Waals surface area contributed by atoms with Gasteiger partial charge in [-0.15, -0.1) is 11.6 Å². The summed E-state index contributed by atoms with van der Waals surface area (Å²) < 4.78 is 26.8. The molecule has 0 fully saturated rings. The Morgan fingerprint density at radius 1 is 1.56 bits per heavy atom. The third kappa shape index (κ3) is 4.48. The molecule has 7 heteroatoms. The van der Waals surface area contributed by atoms with Crippen molar-refractivity contribution >= 4 is 43.2 Å². The van der Waals surface area contributed by atoms with Gasteiger partial charge in [-0.3, -0.25) is 4.72 Å². The monoisotopic (exact) mass is 350 g/mol. The Balaban J connectivity index is 2.97. The van der Waals surface area contributed by atoms with E-state index < -0.39 is 10.0 Å². The standard InChI is InChI=1S/C11H12BrClN2O2S/c1-8(5-13)7-18(16,17)15-11-4-10(12)3-2-9(11)6-14/h2-4,8,15H,5,7H2,1H3. The number of rotatable bonds is 5. The van der Waals surface area contributed by atoms with Crippen molar-refractivity contribution < 1.29 is 8.42 Å². The van der Waals surface area contributed by atoms with Gasteiger partial charge in [0.25, 0.3) is 0 Å². The fourth-order valence-corrected chi connectivity index (χ4v) is 3.38. The number of alkyl halides is 1. The second-order valence-corrected chi connectivity index (χ2v) is 6.94. The molecule has 4 nitrogen and oxygen atoms in total. The molecule has 0 bridgehead atoms. The van der Waals surface area contributed by atoms with Crippen LogP contribution < -0.4 is 4.72 Å². The lowest BCUT2D eigenvalue weighted by molar-refractivity contribution is 0.588. The van der Waals surface area contributed by atoms with Crippen LogP contribution in [-0.4, -0.2) is 20.1 Å². The van der Waals surface area contributed by atoms with E-state index in [-0.39, 0.29) is 28.8 Å². The van der Waals surface area contributed by atoms with Crippen LogP contribution in [0.15, 0.2) is 22.7 Å². The van der Waals surface area contributed by atoms with E-state index >= 15 is 0 Å². The summed E-state index contributed by atoms with van der Waals surface area (Å²) in [5, 5.41) is 8.91. The molecule has 0 aromatic heterocycles. The van der Waals surface area contributed by atoms with E-state index in [0.717, 1.165) is 0 Å². The topological polar surface area (TPSA) is 70.0 Å². The molecule has 0 amide bonds. The fraction of sp³-hybridized carbons (Fsp3) is 0.364. The minimum absolute atomic E-state index is 0.0755. The van der Waals surface area contributed by atoms with Gasteiger partial charge in [0.2, 0.25) is 10.0 Å². The summed E-state index contributed by atoms with van der Waals surface area (Å²) >= 11 is 8.82. The molecule has 18 heavy (non-hydrogen) atoms. The lowest BCUT2D eigenvalue weighted by Crippen LogP contribution is -2.22. The van der Waals surface area contributed by atoms with Gasteiger partial charge < -0.3 is 0 Å². The number of hydrogen-bond donors (Lipinski definition) is 1. The number of nitriles is 1. The van der Waals surface area contributed by atoms with Crippen molar-refractivity contribution in [3.8, 4) is 6.07 Å². The molecule has 0 aliphatic rings. The fourth-order valence-electron chi connectivity index (χ4n) is 1.33. The highest BCUT2D eigenvalue weighted by Crippen LogP contribution is 2.22. The van der Waals surface area contributed by atoms with Crippen molar-refractivity contribution in [1.82, 2.24) is 0 Å². The third-order valence-corrected chi connectivity index (χ3v) is 4.69. The van der Waals surface area contributed by atoms with Gasteiger partial charge in [0.15, 0.2) is 0 Å². The first-order valence-electron chi connectivity index (χ1n) is 5.14. The van der Waals surface area contributed by atoms with E-state index in [9.17, 15) is 8.42 Å². The van der Waals surface area contributed by atoms with Crippen LogP contribution in [0.1, 0.15) is 12.5 Å². The lowest BCUT2D eigenvalue weighted by atomic mass is 10.2. The molecule has 1 rings (SSSR count). The molecule has 0 saturated carbocycles. The predicted molar refractivity (Wildman–Crippen MR) is 76.2 cm³/mol. The molecule has 0 heterocycles. The van der Waals surface area contributed by atoms with Crippen LogP contribution in [0.2, 0.25) is 0 Å². The molecule has 0 aliphatic carbocycles. The summed E-state index contributed by atoms with van der Waals surface area (Å²) in [7, 11) is -3.50. The summed E-state index contributed by atoms with van der Waals surface area (Å²) in [6.07, 6.45) is 0. The Morgan fingerprint density at radius 3 is 2.78 bits per heavy atom. The number of benzene rings is 1. The summed E-state index contributed by atoms with van der Waals surface area (Å²) in [4.78, 5) is 0. The Labute approximate surface area is 120 Å². The SMILES string of the molecule is CC(CCl)CS(=O)(=O)Nc1cc(Br)ccc1C#N. The van der Waals surface area contributed by atoms with Crippen LogP contribution in [0.3, 0.4) is 0 Å². The Kier molecular flexibility index (Phi) is 5.45. The number of nitrogens with zero attached hydrogens (tertiary/aromatic N) is 1. The number of sulfonamides is 1. The van der Waals surface area contributed by atoms with Crippen molar-refractivity contribution in [2.75, 3.05) is 16.4 Å². The maximum absolute atomic E-state index is 11.9. The van der Waals surface area contributed by atoms with E-state index in [1.165, 1.54) is 0 Å². The van der Waals surface area contributed by atoms with Crippen LogP contribution in [-0.2, 0) is 10.0 Å². The third-order valence-electron chi connectivity index (χ3n) is 2.13. The van der Waals surface area contributed by atoms with Gasteiger partial charge in [-0.05, 0) is 24.1 Å². The van der Waals surface area contributed by atoms with Crippen LogP contribution in [0, 0.1) is 17.2 Å². The molecule has 0 aliphatic heterocycles. The molecule has 1 aromatic rings. The minimum Gasteiger partial charge on any atom is -0.282 e. The van der Waals surface area contributed by atoms with Crippen molar-refractivity contribution in [2.24, 2.45) is 5.92 Å². The van der Waals surface area contributed by atoms with Crippen molar-refractivity contribution in [2.45, 2.75) is 6.92 Å². The zero-order chi connectivity index (χ0) is 13.8. The summed E-state index contributed by atoms with van der Waals surface area (Å²) in [6, 6.07) is 6.72. The zero-order valence-corrected chi connectivity index (χ0v) is 12.8. The first-order chi connectivity index (χ1) is 8.38. The molecule has 1 N–H and O–H groups in total. The van der Waals surface area contributed by atoms with E-state index in [0.29, 0.717) is 4.47 Å². The molecule has 1 aromatic carbocycles. The number of nitrogens with one attached hydrogen (secondary N) is 1. The number of anilines is 1. The highest BCUT2D eigenvalue weighted by Gasteiger charge is 2.17. The van der Waals surface area contributed by atoms with Gasteiger partial charge in [-0.25, -0.2) is 8.42 Å². The van der Waals surface area contributed by atoms with Crippen LogP contribution in [0.4, 0.5) is 5.69 Å². The van der Waals surface area contributed by atoms with E-state index in [1.54, 1.807) is 25.1 Å². The Morgan fingerprint density at radius 2 is 2.22 bits per heavy atom. The molecule has 0 spiro atoms. The van der Waals surface area contributed by atoms with Gasteiger partial charge in [0, 0.05) is 10.4 Å². The molecule has 0 saturated heterocycles. The van der Waals surface area contributed by atoms with Gasteiger partial charge >= 0.3 is 0 Å².